The Morgan fingerprint density at radius 2 is 1.56 bits per heavy atom. The molecule has 5 aliphatic heterocycles. The molecule has 0 spiro atoms. The molecule has 0 radical (unpaired) electrons. The van der Waals surface area contributed by atoms with Crippen molar-refractivity contribution in [2.24, 2.45) is 5.92 Å². The summed E-state index contributed by atoms with van der Waals surface area (Å²) in [4.78, 5) is 41.1. The largest absolute Gasteiger partial charge is 0.497 e. The number of pyridine rings is 2. The average molecular weight is 985 g/mol. The van der Waals surface area contributed by atoms with Crippen LogP contribution in [0.1, 0.15) is 94.2 Å². The number of hydrogen-bond acceptors (Lipinski definition) is 12. The first-order valence-corrected chi connectivity index (χ1v) is 24.6. The van der Waals surface area contributed by atoms with Crippen LogP contribution in [-0.4, -0.2) is 112 Å². The monoisotopic (exact) mass is 984 g/mol. The lowest BCUT2D eigenvalue weighted by Crippen LogP contribution is -2.62. The first kappa shape index (κ1) is 48.6. The quantitative estimate of drug-likeness (QED) is 0.117. The minimum Gasteiger partial charge on any atom is -0.497 e. The third-order valence-electron chi connectivity index (χ3n) is 15.0. The summed E-state index contributed by atoms with van der Waals surface area (Å²) in [6.07, 6.45) is -2.33. The van der Waals surface area contributed by atoms with Crippen LogP contribution >= 0.6 is 0 Å². The number of carbonyl (C=O) groups excluding carboxylic acids is 1. The second-order valence-electron chi connectivity index (χ2n) is 21.2. The molecule has 5 aromatic rings. The topological polar surface area (TPSA) is 119 Å². The van der Waals surface area contributed by atoms with Crippen molar-refractivity contribution in [3.63, 3.8) is 0 Å². The maximum atomic E-state index is 18.2. The van der Waals surface area contributed by atoms with Gasteiger partial charge in [0.1, 0.15) is 58.4 Å². The van der Waals surface area contributed by atoms with Crippen LogP contribution in [0.25, 0.3) is 22.3 Å². The number of methoxy groups -OCH3 is 2. The summed E-state index contributed by atoms with van der Waals surface area (Å²) >= 11 is 0. The third-order valence-corrected chi connectivity index (χ3v) is 15.0. The van der Waals surface area contributed by atoms with E-state index in [2.05, 4.69) is 9.80 Å². The zero-order chi connectivity index (χ0) is 50.1. The molecule has 0 saturated carbocycles. The fourth-order valence-corrected chi connectivity index (χ4v) is 11.9. The van der Waals surface area contributed by atoms with Gasteiger partial charge >= 0.3 is 18.3 Å². The molecule has 0 N–H and O–H groups in total. The summed E-state index contributed by atoms with van der Waals surface area (Å²) < 4.78 is 103. The van der Waals surface area contributed by atoms with Crippen molar-refractivity contribution in [3.05, 3.63) is 88.4 Å². The molecule has 4 saturated heterocycles. The number of alkyl halides is 4. The first-order chi connectivity index (χ1) is 33.8. The van der Waals surface area contributed by atoms with Crippen LogP contribution in [0.15, 0.2) is 54.6 Å². The molecule has 4 fully saturated rings. The van der Waals surface area contributed by atoms with E-state index in [0.717, 1.165) is 24.1 Å². The number of carbonyl (C=O) groups is 1. The van der Waals surface area contributed by atoms with E-state index < -0.39 is 52.3 Å². The Labute approximate surface area is 410 Å². The highest BCUT2D eigenvalue weighted by Gasteiger charge is 2.52. The van der Waals surface area contributed by atoms with Crippen molar-refractivity contribution in [3.8, 4) is 28.9 Å². The molecule has 6 atom stereocenters. The van der Waals surface area contributed by atoms with E-state index >= 15 is 17.6 Å². The second kappa shape index (κ2) is 18.5. The third kappa shape index (κ3) is 9.36. The Morgan fingerprint density at radius 3 is 2.20 bits per heavy atom. The number of piperazine rings is 1. The molecule has 10 rings (SSSR count). The molecule has 13 nitrogen and oxygen atoms in total. The van der Waals surface area contributed by atoms with Crippen LogP contribution in [0.2, 0.25) is 0 Å². The summed E-state index contributed by atoms with van der Waals surface area (Å²) in [7, 11) is 3.13. The molecule has 0 aliphatic carbocycles. The lowest BCUT2D eigenvalue weighted by Gasteiger charge is -2.49. The maximum Gasteiger partial charge on any atom is 0.418 e. The highest BCUT2D eigenvalue weighted by atomic mass is 19.4. The minimum absolute atomic E-state index is 0.0438. The van der Waals surface area contributed by atoms with Crippen molar-refractivity contribution in [1.82, 2.24) is 29.7 Å². The van der Waals surface area contributed by atoms with Gasteiger partial charge in [-0.1, -0.05) is 31.2 Å². The zero-order valence-electron chi connectivity index (χ0n) is 41.3. The van der Waals surface area contributed by atoms with Crippen LogP contribution in [-0.2, 0) is 30.4 Å². The molecule has 8 heterocycles. The van der Waals surface area contributed by atoms with Crippen molar-refractivity contribution >= 4 is 28.6 Å². The number of amides is 1. The van der Waals surface area contributed by atoms with E-state index in [1.807, 2.05) is 61.8 Å². The molecule has 1 amide bonds. The van der Waals surface area contributed by atoms with Gasteiger partial charge in [0, 0.05) is 32.6 Å². The van der Waals surface area contributed by atoms with Gasteiger partial charge in [-0.3, -0.25) is 9.80 Å². The van der Waals surface area contributed by atoms with Gasteiger partial charge < -0.3 is 28.7 Å². The van der Waals surface area contributed by atoms with E-state index in [9.17, 15) is 9.18 Å². The van der Waals surface area contributed by atoms with Crippen LogP contribution in [0, 0.1) is 18.7 Å². The highest BCUT2D eigenvalue weighted by Crippen LogP contribution is 2.48. The lowest BCUT2D eigenvalue weighted by molar-refractivity contribution is -0.137. The average Bonchev–Trinajstić information content (AvgIpc) is 3.97. The molecule has 0 unspecified atom stereocenters. The molecular weight excluding hydrogens is 924 g/mol. The van der Waals surface area contributed by atoms with Crippen molar-refractivity contribution in [1.29, 1.82) is 0 Å². The van der Waals surface area contributed by atoms with Gasteiger partial charge in [-0.05, 0) is 126 Å². The van der Waals surface area contributed by atoms with Crippen LogP contribution < -0.4 is 24.0 Å². The molecule has 3 aromatic heterocycles. The van der Waals surface area contributed by atoms with Gasteiger partial charge in [-0.15, -0.1) is 0 Å². The standard InChI is InChI=1S/C53H61F5N8O5/c1-30-21-38-42-45(61-49(70-29-52-19-8-20-64(52)27-34(54)24-52)62-48(42)65-28-35-13-18-39(40(65)22-30)66(35)50(67)71-51(3,4)5)44(55)47(59-38)46-43(53(56,57)58)31(2)23-41(60-46)63(25-32-9-14-36(68-6)15-10-32)26-33-11-16-37(69-7)17-12-33/h9-12,14-17,23,30,34-35,39-40H,8,13,18-22,24-29H2,1-7H3/t30-,34-,35-,39+,40-,52+/m1/s1. The van der Waals surface area contributed by atoms with Gasteiger partial charge in [-0.2, -0.15) is 23.1 Å². The van der Waals surface area contributed by atoms with Gasteiger partial charge in [0.05, 0.1) is 54.5 Å². The molecular formula is C53H61F5N8O5. The molecule has 378 valence electrons. The molecule has 2 bridgehead atoms. The Balaban J connectivity index is 1.14. The Bertz CT molecular complexity index is 2760. The van der Waals surface area contributed by atoms with E-state index in [-0.39, 0.29) is 91.4 Å². The normalized spacial score (nSPS) is 24.1. The fourth-order valence-electron chi connectivity index (χ4n) is 11.9. The smallest absolute Gasteiger partial charge is 0.418 e. The number of fused-ring (bicyclic) bond motifs is 6. The summed E-state index contributed by atoms with van der Waals surface area (Å²) in [5.41, 5.74) is -2.12. The van der Waals surface area contributed by atoms with Crippen molar-refractivity contribution in [2.75, 3.05) is 50.3 Å². The number of ether oxygens (including phenoxy) is 4. The number of nitrogens with zero attached hydrogens (tertiary/aromatic N) is 8. The van der Waals surface area contributed by atoms with Crippen LogP contribution in [0.5, 0.6) is 17.5 Å². The number of benzene rings is 2. The minimum atomic E-state index is -4.96. The van der Waals surface area contributed by atoms with Gasteiger partial charge in [0.15, 0.2) is 5.82 Å². The van der Waals surface area contributed by atoms with Gasteiger partial charge in [0.2, 0.25) is 0 Å². The summed E-state index contributed by atoms with van der Waals surface area (Å²) in [5.74, 6) is 0.560. The first-order valence-electron chi connectivity index (χ1n) is 24.6. The lowest BCUT2D eigenvalue weighted by atomic mass is 9.87. The Kier molecular flexibility index (Phi) is 12.7. The molecule has 2 aromatic carbocycles. The summed E-state index contributed by atoms with van der Waals surface area (Å²) in [6.45, 7) is 10.7. The van der Waals surface area contributed by atoms with Crippen molar-refractivity contribution < 1.29 is 45.7 Å². The Morgan fingerprint density at radius 1 is 0.887 bits per heavy atom. The maximum absolute atomic E-state index is 18.2. The highest BCUT2D eigenvalue weighted by molar-refractivity contribution is 5.95. The van der Waals surface area contributed by atoms with Gasteiger partial charge in [-0.25, -0.2) is 23.5 Å². The van der Waals surface area contributed by atoms with E-state index in [4.69, 9.17) is 38.9 Å². The molecule has 5 aliphatic rings. The fraction of sp³-hybridized carbons (Fsp3) is 0.528. The SMILES string of the molecule is COc1ccc(CN(Cc2ccc(OC)cc2)c2cc(C)c(C(F)(F)F)c(-c3nc4c5c(nc(OC[C@@]67CCCN6C[C@H](F)C7)nc5c3F)N3C[C@H]5CC[C@@H]([C@H]3C[C@H](C)C4)N5C(=O)OC(C)(C)C)n2)cc1. The van der Waals surface area contributed by atoms with Crippen LogP contribution in [0.4, 0.5) is 38.4 Å². The summed E-state index contributed by atoms with van der Waals surface area (Å²) in [6, 6.07) is 15.1. The van der Waals surface area contributed by atoms with E-state index in [1.165, 1.54) is 13.0 Å². The molecule has 71 heavy (non-hydrogen) atoms. The zero-order valence-corrected chi connectivity index (χ0v) is 41.3. The van der Waals surface area contributed by atoms with E-state index in [1.54, 1.807) is 38.5 Å². The van der Waals surface area contributed by atoms with Crippen molar-refractivity contribution in [2.45, 2.75) is 134 Å². The number of anilines is 2. The molecule has 18 heteroatoms. The summed E-state index contributed by atoms with van der Waals surface area (Å²) in [5, 5.41) is 0.271. The number of aromatic nitrogens is 4. The second-order valence-corrected chi connectivity index (χ2v) is 21.2. The Hall–Kier alpha value is -6.04. The number of rotatable bonds is 11. The predicted molar refractivity (Wildman–Crippen MR) is 258 cm³/mol. The number of hydrogen-bond donors (Lipinski definition) is 0. The van der Waals surface area contributed by atoms with E-state index in [0.29, 0.717) is 55.2 Å². The number of halogens is 5. The number of aryl methyl sites for hydroxylation is 1. The predicted octanol–water partition coefficient (Wildman–Crippen LogP) is 10.3. The van der Waals surface area contributed by atoms with Gasteiger partial charge in [0.25, 0.3) is 0 Å². The van der Waals surface area contributed by atoms with Crippen LogP contribution in [0.3, 0.4) is 0 Å².